The minimum atomic E-state index is 0.713. The summed E-state index contributed by atoms with van der Waals surface area (Å²) in [5.41, 5.74) is 2.95. The molecule has 0 aliphatic carbocycles. The van der Waals surface area contributed by atoms with E-state index in [0.717, 1.165) is 33.8 Å². The number of ether oxygens (including phenoxy) is 1. The zero-order chi connectivity index (χ0) is 14.1. The largest absolute Gasteiger partial charge is 0.438 e. The molecular formula is C15H14BrN3O. The van der Waals surface area contributed by atoms with Crippen molar-refractivity contribution in [1.29, 1.82) is 0 Å². The normalized spacial score (nSPS) is 10.9. The molecule has 3 aromatic rings. The number of aromatic nitrogens is 3. The van der Waals surface area contributed by atoms with Gasteiger partial charge >= 0.3 is 0 Å². The molecule has 2 aromatic heterocycles. The van der Waals surface area contributed by atoms with E-state index in [4.69, 9.17) is 4.74 Å². The van der Waals surface area contributed by atoms with E-state index in [1.165, 1.54) is 0 Å². The molecule has 0 fully saturated rings. The highest BCUT2D eigenvalue weighted by atomic mass is 79.9. The quantitative estimate of drug-likeness (QED) is 0.682. The first kappa shape index (κ1) is 13.1. The number of fused-ring (bicyclic) bond motifs is 1. The van der Waals surface area contributed by atoms with Crippen molar-refractivity contribution in [3.8, 4) is 11.6 Å². The highest BCUT2D eigenvalue weighted by molar-refractivity contribution is 9.08. The van der Waals surface area contributed by atoms with Crippen LogP contribution in [-0.2, 0) is 12.4 Å². The highest BCUT2D eigenvalue weighted by Crippen LogP contribution is 2.32. The third kappa shape index (κ3) is 2.18. The summed E-state index contributed by atoms with van der Waals surface area (Å²) < 4.78 is 7.86. The van der Waals surface area contributed by atoms with Crippen LogP contribution in [0.15, 0.2) is 36.5 Å². The lowest BCUT2D eigenvalue weighted by atomic mass is 10.2. The maximum Gasteiger partial charge on any atom is 0.221 e. The number of alkyl halides is 1. The lowest BCUT2D eigenvalue weighted by molar-refractivity contribution is 0.432. The van der Waals surface area contributed by atoms with Gasteiger partial charge in [-0.05, 0) is 31.2 Å². The van der Waals surface area contributed by atoms with Gasteiger partial charge in [0.2, 0.25) is 5.88 Å². The van der Waals surface area contributed by atoms with Crippen LogP contribution in [-0.4, -0.2) is 14.8 Å². The van der Waals surface area contributed by atoms with Crippen molar-refractivity contribution in [2.45, 2.75) is 12.3 Å². The predicted molar refractivity (Wildman–Crippen MR) is 82.4 cm³/mol. The fraction of sp³-hybridized carbons (Fsp3) is 0.200. The summed E-state index contributed by atoms with van der Waals surface area (Å²) in [7, 11) is 1.89. The fourth-order valence-electron chi connectivity index (χ4n) is 2.23. The summed E-state index contributed by atoms with van der Waals surface area (Å²) in [5.74, 6) is 1.55. The standard InChI is InChI=1S/C15H14BrN3O/c1-10-12(9-16)15(19(2)18-10)20-14-7-3-6-13-11(14)5-4-8-17-13/h3-8H,9H2,1-2H3. The van der Waals surface area contributed by atoms with Crippen molar-refractivity contribution in [1.82, 2.24) is 14.8 Å². The molecule has 0 atom stereocenters. The Morgan fingerprint density at radius 2 is 2.10 bits per heavy atom. The summed E-state index contributed by atoms with van der Waals surface area (Å²) >= 11 is 3.49. The summed E-state index contributed by atoms with van der Waals surface area (Å²) in [4.78, 5) is 4.34. The first-order valence-electron chi connectivity index (χ1n) is 6.30. The van der Waals surface area contributed by atoms with Gasteiger partial charge in [0.1, 0.15) is 5.75 Å². The van der Waals surface area contributed by atoms with Crippen molar-refractivity contribution in [2.75, 3.05) is 0 Å². The average molecular weight is 332 g/mol. The summed E-state index contributed by atoms with van der Waals surface area (Å²) in [6, 6.07) is 9.79. The molecule has 0 N–H and O–H groups in total. The Morgan fingerprint density at radius 1 is 1.25 bits per heavy atom. The Hall–Kier alpha value is -1.88. The monoisotopic (exact) mass is 331 g/mol. The minimum absolute atomic E-state index is 0.713. The van der Waals surface area contributed by atoms with Crippen LogP contribution >= 0.6 is 15.9 Å². The van der Waals surface area contributed by atoms with E-state index in [2.05, 4.69) is 26.0 Å². The highest BCUT2D eigenvalue weighted by Gasteiger charge is 2.15. The smallest absolute Gasteiger partial charge is 0.221 e. The van der Waals surface area contributed by atoms with E-state index in [1.54, 1.807) is 10.9 Å². The van der Waals surface area contributed by atoms with E-state index >= 15 is 0 Å². The van der Waals surface area contributed by atoms with E-state index < -0.39 is 0 Å². The average Bonchev–Trinajstić information content (AvgIpc) is 2.73. The molecule has 0 saturated heterocycles. The number of hydrogen-bond acceptors (Lipinski definition) is 3. The van der Waals surface area contributed by atoms with Gasteiger partial charge in [-0.25, -0.2) is 4.68 Å². The molecule has 1 aromatic carbocycles. The zero-order valence-corrected chi connectivity index (χ0v) is 12.9. The Labute approximate surface area is 125 Å². The Balaban J connectivity index is 2.10. The molecule has 0 radical (unpaired) electrons. The van der Waals surface area contributed by atoms with Crippen LogP contribution in [0, 0.1) is 6.92 Å². The van der Waals surface area contributed by atoms with Crippen LogP contribution in [0.1, 0.15) is 11.3 Å². The Kier molecular flexibility index (Phi) is 3.44. The molecule has 3 rings (SSSR count). The summed E-state index contributed by atoms with van der Waals surface area (Å²) in [6.45, 7) is 1.98. The van der Waals surface area contributed by atoms with Crippen LogP contribution < -0.4 is 4.74 Å². The lowest BCUT2D eigenvalue weighted by Crippen LogP contribution is -1.97. The predicted octanol–water partition coefficient (Wildman–Crippen LogP) is 3.96. The van der Waals surface area contributed by atoms with Crippen molar-refractivity contribution in [3.63, 3.8) is 0 Å². The van der Waals surface area contributed by atoms with E-state index in [9.17, 15) is 0 Å². The fourth-order valence-corrected chi connectivity index (χ4v) is 2.88. The second-order valence-corrected chi connectivity index (χ2v) is 5.12. The van der Waals surface area contributed by atoms with Gasteiger partial charge in [0, 0.05) is 29.5 Å². The molecule has 2 heterocycles. The third-order valence-electron chi connectivity index (χ3n) is 3.23. The number of rotatable bonds is 3. The second-order valence-electron chi connectivity index (χ2n) is 4.55. The minimum Gasteiger partial charge on any atom is -0.438 e. The Morgan fingerprint density at radius 3 is 2.90 bits per heavy atom. The Bertz CT molecular complexity index is 762. The van der Waals surface area contributed by atoms with Crippen LogP contribution in [0.2, 0.25) is 0 Å². The number of hydrogen-bond donors (Lipinski definition) is 0. The van der Waals surface area contributed by atoms with Crippen LogP contribution in [0.3, 0.4) is 0 Å². The van der Waals surface area contributed by atoms with Crippen molar-refractivity contribution < 1.29 is 4.74 Å². The lowest BCUT2D eigenvalue weighted by Gasteiger charge is -2.10. The molecule has 102 valence electrons. The molecule has 0 unspecified atom stereocenters. The zero-order valence-electron chi connectivity index (χ0n) is 11.3. The van der Waals surface area contributed by atoms with E-state index in [0.29, 0.717) is 5.33 Å². The topological polar surface area (TPSA) is 39.9 Å². The van der Waals surface area contributed by atoms with Crippen LogP contribution in [0.5, 0.6) is 11.6 Å². The van der Waals surface area contributed by atoms with Crippen molar-refractivity contribution in [2.24, 2.45) is 7.05 Å². The van der Waals surface area contributed by atoms with Gasteiger partial charge in [0.15, 0.2) is 0 Å². The number of benzene rings is 1. The summed E-state index contributed by atoms with van der Waals surface area (Å²) in [5, 5.41) is 6.11. The van der Waals surface area contributed by atoms with Crippen molar-refractivity contribution >= 4 is 26.8 Å². The van der Waals surface area contributed by atoms with Crippen LogP contribution in [0.25, 0.3) is 10.9 Å². The number of pyridine rings is 1. The first-order chi connectivity index (χ1) is 9.70. The number of halogens is 1. The van der Waals surface area contributed by atoms with Gasteiger partial charge in [0.25, 0.3) is 0 Å². The van der Waals surface area contributed by atoms with E-state index in [-0.39, 0.29) is 0 Å². The molecule has 0 saturated carbocycles. The third-order valence-corrected chi connectivity index (χ3v) is 3.80. The molecule has 0 amide bonds. The molecule has 0 spiro atoms. The van der Waals surface area contributed by atoms with Crippen LogP contribution in [0.4, 0.5) is 0 Å². The number of aryl methyl sites for hydroxylation is 2. The first-order valence-corrected chi connectivity index (χ1v) is 7.43. The van der Waals surface area contributed by atoms with Gasteiger partial charge < -0.3 is 4.74 Å². The number of nitrogens with zero attached hydrogens (tertiary/aromatic N) is 3. The molecule has 5 heteroatoms. The summed E-state index contributed by atoms with van der Waals surface area (Å²) in [6.07, 6.45) is 1.78. The molecule has 4 nitrogen and oxygen atoms in total. The van der Waals surface area contributed by atoms with Gasteiger partial charge in [-0.1, -0.05) is 22.0 Å². The maximum atomic E-state index is 6.10. The van der Waals surface area contributed by atoms with Gasteiger partial charge in [0.05, 0.1) is 11.2 Å². The van der Waals surface area contributed by atoms with Gasteiger partial charge in [-0.3, -0.25) is 4.98 Å². The van der Waals surface area contributed by atoms with Crippen molar-refractivity contribution in [3.05, 3.63) is 47.8 Å². The molecular weight excluding hydrogens is 318 g/mol. The van der Waals surface area contributed by atoms with E-state index in [1.807, 2.05) is 44.3 Å². The second kappa shape index (κ2) is 5.25. The van der Waals surface area contributed by atoms with Gasteiger partial charge in [-0.15, -0.1) is 0 Å². The molecule has 0 bridgehead atoms. The molecule has 20 heavy (non-hydrogen) atoms. The van der Waals surface area contributed by atoms with Gasteiger partial charge in [-0.2, -0.15) is 5.10 Å². The SMILES string of the molecule is Cc1nn(C)c(Oc2cccc3ncccc23)c1CBr. The molecule has 0 aliphatic rings. The molecule has 0 aliphatic heterocycles. The maximum absolute atomic E-state index is 6.10.